The van der Waals surface area contributed by atoms with Crippen molar-refractivity contribution in [3.8, 4) is 11.1 Å². The molecular weight excluding hydrogens is 272 g/mol. The van der Waals surface area contributed by atoms with Gasteiger partial charge >= 0.3 is 0 Å². The van der Waals surface area contributed by atoms with Crippen molar-refractivity contribution in [1.82, 2.24) is 5.32 Å². The van der Waals surface area contributed by atoms with E-state index in [0.717, 1.165) is 16.8 Å². The molecule has 116 valence electrons. The first-order valence-electron chi connectivity index (χ1n) is 7.46. The highest BCUT2D eigenvalue weighted by atomic mass is 16.1. The van der Waals surface area contributed by atoms with Gasteiger partial charge in [-0.1, -0.05) is 24.3 Å². The number of amides is 1. The number of hydrogen-bond acceptors (Lipinski definition) is 2. The zero-order valence-electron chi connectivity index (χ0n) is 14.0. The number of nitrogens with one attached hydrogen (secondary N) is 1. The predicted octanol–water partition coefficient (Wildman–Crippen LogP) is 3.95. The second-order valence-corrected chi connectivity index (χ2v) is 6.73. The maximum Gasteiger partial charge on any atom is 0.251 e. The standard InChI is InChI=1S/C19H24N2O/c1-19(2,3)20-18(22)16-10-6-8-14(12-16)15-9-7-11-17(13-15)21(4)5/h6-13H,1-5H3,(H,20,22). The molecule has 0 aliphatic heterocycles. The van der Waals surface area contributed by atoms with Gasteiger partial charge in [-0.3, -0.25) is 4.79 Å². The lowest BCUT2D eigenvalue weighted by Gasteiger charge is -2.20. The fraction of sp³-hybridized carbons (Fsp3) is 0.316. The Bertz CT molecular complexity index is 669. The molecule has 3 heteroatoms. The lowest BCUT2D eigenvalue weighted by molar-refractivity contribution is 0.0919. The molecule has 0 unspecified atom stereocenters. The van der Waals surface area contributed by atoms with Gasteiger partial charge in [-0.25, -0.2) is 0 Å². The van der Waals surface area contributed by atoms with Crippen LogP contribution in [0.4, 0.5) is 5.69 Å². The molecule has 0 atom stereocenters. The van der Waals surface area contributed by atoms with Crippen LogP contribution in [0.5, 0.6) is 0 Å². The number of carbonyl (C=O) groups excluding carboxylic acids is 1. The van der Waals surface area contributed by atoms with Gasteiger partial charge in [0.15, 0.2) is 0 Å². The third-order valence-corrected chi connectivity index (χ3v) is 3.31. The highest BCUT2D eigenvalue weighted by Crippen LogP contribution is 2.24. The van der Waals surface area contributed by atoms with Crippen molar-refractivity contribution >= 4 is 11.6 Å². The van der Waals surface area contributed by atoms with E-state index in [1.807, 2.05) is 65.2 Å². The van der Waals surface area contributed by atoms with Crippen LogP contribution in [0.25, 0.3) is 11.1 Å². The Balaban J connectivity index is 2.32. The molecule has 0 aliphatic carbocycles. The zero-order valence-corrected chi connectivity index (χ0v) is 14.0. The highest BCUT2D eigenvalue weighted by Gasteiger charge is 2.15. The van der Waals surface area contributed by atoms with Crippen LogP contribution in [0.1, 0.15) is 31.1 Å². The second kappa shape index (κ2) is 6.22. The van der Waals surface area contributed by atoms with Gasteiger partial charge in [0.05, 0.1) is 0 Å². The van der Waals surface area contributed by atoms with Crippen LogP contribution in [0, 0.1) is 0 Å². The van der Waals surface area contributed by atoms with Crippen LogP contribution in [0.2, 0.25) is 0 Å². The first kappa shape index (κ1) is 16.1. The van der Waals surface area contributed by atoms with Gasteiger partial charge in [0.1, 0.15) is 0 Å². The summed E-state index contributed by atoms with van der Waals surface area (Å²) in [5.41, 5.74) is 3.74. The molecule has 2 rings (SSSR count). The van der Waals surface area contributed by atoms with Crippen molar-refractivity contribution in [2.75, 3.05) is 19.0 Å². The van der Waals surface area contributed by atoms with Gasteiger partial charge in [0.2, 0.25) is 0 Å². The minimum Gasteiger partial charge on any atom is -0.378 e. The Labute approximate surface area is 133 Å². The maximum atomic E-state index is 12.3. The molecular formula is C19H24N2O. The molecule has 0 saturated heterocycles. The van der Waals surface area contributed by atoms with Gasteiger partial charge in [-0.2, -0.15) is 0 Å². The summed E-state index contributed by atoms with van der Waals surface area (Å²) in [6.07, 6.45) is 0. The Morgan fingerprint density at radius 1 is 0.955 bits per heavy atom. The fourth-order valence-electron chi connectivity index (χ4n) is 2.22. The minimum atomic E-state index is -0.238. The van der Waals surface area contributed by atoms with Crippen molar-refractivity contribution in [2.24, 2.45) is 0 Å². The van der Waals surface area contributed by atoms with Crippen LogP contribution >= 0.6 is 0 Å². The summed E-state index contributed by atoms with van der Waals surface area (Å²) >= 11 is 0. The number of nitrogens with zero attached hydrogens (tertiary/aromatic N) is 1. The molecule has 0 saturated carbocycles. The summed E-state index contributed by atoms with van der Waals surface area (Å²) in [4.78, 5) is 14.4. The van der Waals surface area contributed by atoms with Gasteiger partial charge < -0.3 is 10.2 Å². The summed E-state index contributed by atoms with van der Waals surface area (Å²) in [6.45, 7) is 5.94. The predicted molar refractivity (Wildman–Crippen MR) is 93.4 cm³/mol. The van der Waals surface area contributed by atoms with Gasteiger partial charge in [-0.05, 0) is 56.2 Å². The van der Waals surface area contributed by atoms with Crippen LogP contribution < -0.4 is 10.2 Å². The Morgan fingerprint density at radius 2 is 1.55 bits per heavy atom. The van der Waals surface area contributed by atoms with E-state index in [2.05, 4.69) is 28.4 Å². The topological polar surface area (TPSA) is 32.3 Å². The first-order chi connectivity index (χ1) is 10.3. The number of anilines is 1. The molecule has 22 heavy (non-hydrogen) atoms. The van der Waals surface area contributed by atoms with E-state index in [1.54, 1.807) is 0 Å². The quantitative estimate of drug-likeness (QED) is 0.930. The van der Waals surface area contributed by atoms with Crippen molar-refractivity contribution in [3.05, 3.63) is 54.1 Å². The van der Waals surface area contributed by atoms with Crippen molar-refractivity contribution in [2.45, 2.75) is 26.3 Å². The summed E-state index contributed by atoms with van der Waals surface area (Å²) in [7, 11) is 4.04. The smallest absolute Gasteiger partial charge is 0.251 e. The van der Waals surface area contributed by atoms with E-state index >= 15 is 0 Å². The summed E-state index contributed by atoms with van der Waals surface area (Å²) in [6, 6.07) is 16.0. The summed E-state index contributed by atoms with van der Waals surface area (Å²) in [5, 5.41) is 3.00. The molecule has 0 aromatic heterocycles. The molecule has 0 spiro atoms. The van der Waals surface area contributed by atoms with Crippen LogP contribution in [0.3, 0.4) is 0 Å². The van der Waals surface area contributed by atoms with Gasteiger partial charge in [0, 0.05) is 30.9 Å². The molecule has 2 aromatic carbocycles. The number of hydrogen-bond donors (Lipinski definition) is 1. The molecule has 0 aliphatic rings. The third kappa shape index (κ3) is 4.10. The van der Waals surface area contributed by atoms with Gasteiger partial charge in [0.25, 0.3) is 5.91 Å². The van der Waals surface area contributed by atoms with Crippen LogP contribution in [-0.4, -0.2) is 25.5 Å². The summed E-state index contributed by atoms with van der Waals surface area (Å²) in [5.74, 6) is -0.0434. The zero-order chi connectivity index (χ0) is 16.3. The number of benzene rings is 2. The SMILES string of the molecule is CN(C)c1cccc(-c2cccc(C(=O)NC(C)(C)C)c2)c1. The molecule has 1 amide bonds. The van der Waals surface area contributed by atoms with Gasteiger partial charge in [-0.15, -0.1) is 0 Å². The lowest BCUT2D eigenvalue weighted by Crippen LogP contribution is -2.40. The molecule has 0 radical (unpaired) electrons. The average Bonchev–Trinajstić information content (AvgIpc) is 2.46. The van der Waals surface area contributed by atoms with E-state index in [4.69, 9.17) is 0 Å². The fourth-order valence-corrected chi connectivity index (χ4v) is 2.22. The number of rotatable bonds is 3. The van der Waals surface area contributed by atoms with E-state index in [-0.39, 0.29) is 11.4 Å². The normalized spacial score (nSPS) is 11.1. The molecule has 1 N–H and O–H groups in total. The Hall–Kier alpha value is -2.29. The van der Waals surface area contributed by atoms with Crippen molar-refractivity contribution < 1.29 is 4.79 Å². The highest BCUT2D eigenvalue weighted by molar-refractivity contribution is 5.95. The van der Waals surface area contributed by atoms with Crippen molar-refractivity contribution in [3.63, 3.8) is 0 Å². The maximum absolute atomic E-state index is 12.3. The molecule has 0 heterocycles. The van der Waals surface area contributed by atoms with E-state index in [1.165, 1.54) is 0 Å². The number of carbonyl (C=O) groups is 1. The van der Waals surface area contributed by atoms with Crippen LogP contribution in [-0.2, 0) is 0 Å². The molecule has 0 fully saturated rings. The first-order valence-corrected chi connectivity index (χ1v) is 7.46. The molecule has 0 bridgehead atoms. The van der Waals surface area contributed by atoms with E-state index < -0.39 is 0 Å². The average molecular weight is 296 g/mol. The largest absolute Gasteiger partial charge is 0.378 e. The third-order valence-electron chi connectivity index (χ3n) is 3.31. The van der Waals surface area contributed by atoms with E-state index in [0.29, 0.717) is 5.56 Å². The second-order valence-electron chi connectivity index (χ2n) is 6.73. The Kier molecular flexibility index (Phi) is 4.55. The molecule has 2 aromatic rings. The van der Waals surface area contributed by atoms with E-state index in [9.17, 15) is 4.79 Å². The minimum absolute atomic E-state index is 0.0434. The van der Waals surface area contributed by atoms with Crippen molar-refractivity contribution in [1.29, 1.82) is 0 Å². The summed E-state index contributed by atoms with van der Waals surface area (Å²) < 4.78 is 0. The van der Waals surface area contributed by atoms with Crippen LogP contribution in [0.15, 0.2) is 48.5 Å². The Morgan fingerprint density at radius 3 is 2.14 bits per heavy atom. The monoisotopic (exact) mass is 296 g/mol. The lowest BCUT2D eigenvalue weighted by atomic mass is 10.0. The molecule has 3 nitrogen and oxygen atoms in total.